The summed E-state index contributed by atoms with van der Waals surface area (Å²) in [5, 5.41) is 2.95. The summed E-state index contributed by atoms with van der Waals surface area (Å²) in [7, 11) is 1.59. The number of rotatable bonds is 5. The van der Waals surface area contributed by atoms with E-state index in [1.807, 2.05) is 47.4 Å². The van der Waals surface area contributed by atoms with Gasteiger partial charge in [-0.1, -0.05) is 30.3 Å². The lowest BCUT2D eigenvalue weighted by atomic mass is 10.1. The van der Waals surface area contributed by atoms with Crippen LogP contribution in [-0.4, -0.2) is 25.0 Å². The Kier molecular flexibility index (Phi) is 5.53. The summed E-state index contributed by atoms with van der Waals surface area (Å²) in [6.07, 6.45) is 0.826. The van der Waals surface area contributed by atoms with Crippen molar-refractivity contribution in [2.45, 2.75) is 25.9 Å². The van der Waals surface area contributed by atoms with E-state index in [4.69, 9.17) is 4.74 Å². The Morgan fingerprint density at radius 2 is 1.73 bits per heavy atom. The Morgan fingerprint density at radius 3 is 2.43 bits per heavy atom. The summed E-state index contributed by atoms with van der Waals surface area (Å²) in [6.45, 7) is 2.45. The van der Waals surface area contributed by atoms with Crippen LogP contribution in [0.15, 0.2) is 72.8 Å². The second-order valence-corrected chi connectivity index (χ2v) is 7.47. The fraction of sp³-hybridized carbons (Fsp3) is 0.200. The number of nitrogens with zero attached hydrogens (tertiary/aromatic N) is 1. The molecule has 1 atom stereocenters. The van der Waals surface area contributed by atoms with Gasteiger partial charge in [-0.15, -0.1) is 0 Å². The maximum atomic E-state index is 13.1. The number of carbonyl (C=O) groups excluding carboxylic acids is 2. The van der Waals surface area contributed by atoms with Crippen LogP contribution in [0.2, 0.25) is 0 Å². The van der Waals surface area contributed by atoms with Crippen LogP contribution in [-0.2, 0) is 13.0 Å². The average molecular weight is 400 g/mol. The Bertz CT molecular complexity index is 1060. The van der Waals surface area contributed by atoms with Crippen molar-refractivity contribution < 1.29 is 14.3 Å². The zero-order chi connectivity index (χ0) is 21.1. The first-order valence-electron chi connectivity index (χ1n) is 9.99. The second-order valence-electron chi connectivity index (χ2n) is 7.47. The van der Waals surface area contributed by atoms with Crippen LogP contribution in [0.3, 0.4) is 0 Å². The molecular weight excluding hydrogens is 376 g/mol. The summed E-state index contributed by atoms with van der Waals surface area (Å²) in [5.41, 5.74) is 4.28. The molecule has 152 valence electrons. The molecule has 30 heavy (non-hydrogen) atoms. The molecule has 0 fully saturated rings. The SMILES string of the molecule is COc1ccc(C(=O)NCc2ccc3c(c2)N(C(=O)c2ccccc2)C(C)C3)cc1. The van der Waals surface area contributed by atoms with Gasteiger partial charge < -0.3 is 15.0 Å². The predicted molar refractivity (Wildman–Crippen MR) is 117 cm³/mol. The molecule has 0 aliphatic carbocycles. The minimum Gasteiger partial charge on any atom is -0.497 e. The average Bonchev–Trinajstić information content (AvgIpc) is 3.12. The molecule has 1 heterocycles. The van der Waals surface area contributed by atoms with Crippen molar-refractivity contribution in [1.82, 2.24) is 5.32 Å². The number of methoxy groups -OCH3 is 1. The third-order valence-electron chi connectivity index (χ3n) is 5.41. The van der Waals surface area contributed by atoms with Crippen LogP contribution >= 0.6 is 0 Å². The van der Waals surface area contributed by atoms with Crippen molar-refractivity contribution in [1.29, 1.82) is 0 Å². The summed E-state index contributed by atoms with van der Waals surface area (Å²) in [4.78, 5) is 27.4. The highest BCUT2D eigenvalue weighted by Crippen LogP contribution is 2.34. The number of amides is 2. The van der Waals surface area contributed by atoms with Crippen LogP contribution in [0.4, 0.5) is 5.69 Å². The lowest BCUT2D eigenvalue weighted by Gasteiger charge is -2.23. The van der Waals surface area contributed by atoms with Gasteiger partial charge in [-0.05, 0) is 66.9 Å². The van der Waals surface area contributed by atoms with Crippen molar-refractivity contribution >= 4 is 17.5 Å². The van der Waals surface area contributed by atoms with Gasteiger partial charge in [-0.2, -0.15) is 0 Å². The summed E-state index contributed by atoms with van der Waals surface area (Å²) >= 11 is 0. The second kappa shape index (κ2) is 8.41. The molecule has 3 aromatic rings. The van der Waals surface area contributed by atoms with E-state index < -0.39 is 0 Å². The Hall–Kier alpha value is -3.60. The predicted octanol–water partition coefficient (Wildman–Crippen LogP) is 4.22. The number of hydrogen-bond acceptors (Lipinski definition) is 3. The topological polar surface area (TPSA) is 58.6 Å². The molecule has 0 bridgehead atoms. The first-order chi connectivity index (χ1) is 14.6. The van der Waals surface area contributed by atoms with Gasteiger partial charge in [-0.25, -0.2) is 0 Å². The summed E-state index contributed by atoms with van der Waals surface area (Å²) < 4.78 is 5.13. The normalized spacial score (nSPS) is 14.9. The molecule has 1 aliphatic rings. The fourth-order valence-corrected chi connectivity index (χ4v) is 3.82. The fourth-order valence-electron chi connectivity index (χ4n) is 3.82. The van der Waals surface area contributed by atoms with E-state index in [-0.39, 0.29) is 17.9 Å². The van der Waals surface area contributed by atoms with Crippen LogP contribution in [0, 0.1) is 0 Å². The van der Waals surface area contributed by atoms with Crippen LogP contribution in [0.1, 0.15) is 38.8 Å². The Balaban J connectivity index is 1.50. The van der Waals surface area contributed by atoms with E-state index in [1.54, 1.807) is 31.4 Å². The molecule has 3 aromatic carbocycles. The van der Waals surface area contributed by atoms with Gasteiger partial charge in [0.1, 0.15) is 5.75 Å². The highest BCUT2D eigenvalue weighted by Gasteiger charge is 2.31. The van der Waals surface area contributed by atoms with Gasteiger partial charge >= 0.3 is 0 Å². The zero-order valence-corrected chi connectivity index (χ0v) is 17.1. The first-order valence-corrected chi connectivity index (χ1v) is 9.99. The van der Waals surface area contributed by atoms with Crippen LogP contribution < -0.4 is 15.0 Å². The van der Waals surface area contributed by atoms with Gasteiger partial charge in [-0.3, -0.25) is 9.59 Å². The van der Waals surface area contributed by atoms with E-state index in [2.05, 4.69) is 18.3 Å². The molecule has 0 radical (unpaired) electrons. The standard InChI is InChI=1S/C25H24N2O3/c1-17-14-21-9-8-18(16-26-24(28)19-10-12-22(30-2)13-11-19)15-23(21)27(17)25(29)20-6-4-3-5-7-20/h3-13,15,17H,14,16H2,1-2H3,(H,26,28). The van der Waals surface area contributed by atoms with Gasteiger partial charge in [0.15, 0.2) is 0 Å². The number of fused-ring (bicyclic) bond motifs is 1. The van der Waals surface area contributed by atoms with Crippen molar-refractivity contribution in [2.24, 2.45) is 0 Å². The van der Waals surface area contributed by atoms with Crippen LogP contribution in [0.25, 0.3) is 0 Å². The molecule has 1 N–H and O–H groups in total. The number of nitrogens with one attached hydrogen (secondary N) is 1. The number of hydrogen-bond donors (Lipinski definition) is 1. The molecule has 0 saturated carbocycles. The smallest absolute Gasteiger partial charge is 0.258 e. The van der Waals surface area contributed by atoms with Crippen molar-refractivity contribution in [3.8, 4) is 5.75 Å². The molecule has 0 aromatic heterocycles. The molecule has 4 rings (SSSR count). The molecule has 5 heteroatoms. The lowest BCUT2D eigenvalue weighted by Crippen LogP contribution is -2.35. The maximum absolute atomic E-state index is 13.1. The van der Waals surface area contributed by atoms with E-state index >= 15 is 0 Å². The van der Waals surface area contributed by atoms with Gasteiger partial charge in [0.05, 0.1) is 7.11 Å². The number of carbonyl (C=O) groups is 2. The quantitative estimate of drug-likeness (QED) is 0.698. The summed E-state index contributed by atoms with van der Waals surface area (Å²) in [6, 6.07) is 22.5. The van der Waals surface area contributed by atoms with E-state index in [1.165, 1.54) is 0 Å². The molecule has 1 unspecified atom stereocenters. The van der Waals surface area contributed by atoms with Gasteiger partial charge in [0, 0.05) is 29.4 Å². The first kappa shape index (κ1) is 19.7. The molecule has 0 saturated heterocycles. The highest BCUT2D eigenvalue weighted by atomic mass is 16.5. The van der Waals surface area contributed by atoms with E-state index in [9.17, 15) is 9.59 Å². The minimum absolute atomic E-state index is 0.00117. The molecule has 5 nitrogen and oxygen atoms in total. The monoisotopic (exact) mass is 400 g/mol. The maximum Gasteiger partial charge on any atom is 0.258 e. The Morgan fingerprint density at radius 1 is 1.00 bits per heavy atom. The molecule has 2 amide bonds. The number of anilines is 1. The Labute approximate surface area is 176 Å². The summed E-state index contributed by atoms with van der Waals surface area (Å²) in [5.74, 6) is 0.562. The van der Waals surface area contributed by atoms with Crippen LogP contribution in [0.5, 0.6) is 5.75 Å². The largest absolute Gasteiger partial charge is 0.497 e. The third kappa shape index (κ3) is 3.92. The lowest BCUT2D eigenvalue weighted by molar-refractivity contribution is 0.0948. The van der Waals surface area contributed by atoms with Crippen molar-refractivity contribution in [3.05, 3.63) is 95.1 Å². The molecular formula is C25H24N2O3. The third-order valence-corrected chi connectivity index (χ3v) is 5.41. The van der Waals surface area contributed by atoms with Crippen molar-refractivity contribution in [2.75, 3.05) is 12.0 Å². The van der Waals surface area contributed by atoms with Gasteiger partial charge in [0.2, 0.25) is 0 Å². The molecule has 0 spiro atoms. The zero-order valence-electron chi connectivity index (χ0n) is 17.1. The van der Waals surface area contributed by atoms with E-state index in [0.29, 0.717) is 23.4 Å². The van der Waals surface area contributed by atoms with Gasteiger partial charge in [0.25, 0.3) is 11.8 Å². The van der Waals surface area contributed by atoms with E-state index in [0.717, 1.165) is 23.2 Å². The number of benzene rings is 3. The highest BCUT2D eigenvalue weighted by molar-refractivity contribution is 6.07. The number of ether oxygens (including phenoxy) is 1. The van der Waals surface area contributed by atoms with Crippen molar-refractivity contribution in [3.63, 3.8) is 0 Å². The molecule has 1 aliphatic heterocycles. The minimum atomic E-state index is -0.149.